The van der Waals surface area contributed by atoms with Gasteiger partial charge in [0.1, 0.15) is 11.8 Å². The number of fused-ring (bicyclic) bond motifs is 1. The van der Waals surface area contributed by atoms with Crippen LogP contribution in [0.15, 0.2) is 76.2 Å². The van der Waals surface area contributed by atoms with E-state index in [0.29, 0.717) is 17.0 Å². The van der Waals surface area contributed by atoms with Crippen molar-refractivity contribution in [3.8, 4) is 0 Å². The van der Waals surface area contributed by atoms with Crippen molar-refractivity contribution in [2.24, 2.45) is 0 Å². The van der Waals surface area contributed by atoms with Crippen molar-refractivity contribution in [3.63, 3.8) is 0 Å². The molecule has 6 heteroatoms. The quantitative estimate of drug-likeness (QED) is 0.713. The fraction of sp³-hybridized carbons (Fsp3) is 0.143. The number of anilines is 1. The molecule has 2 aromatic carbocycles. The Bertz CT molecular complexity index is 970. The van der Waals surface area contributed by atoms with Crippen molar-refractivity contribution >= 4 is 29.3 Å². The molecule has 136 valence electrons. The third-order valence-electron chi connectivity index (χ3n) is 4.41. The van der Waals surface area contributed by atoms with Crippen molar-refractivity contribution in [2.75, 3.05) is 5.32 Å². The van der Waals surface area contributed by atoms with E-state index >= 15 is 0 Å². The van der Waals surface area contributed by atoms with Crippen LogP contribution >= 0.6 is 11.8 Å². The number of hydrogen-bond donors (Lipinski definition) is 2. The van der Waals surface area contributed by atoms with Gasteiger partial charge in [0.05, 0.1) is 17.2 Å². The number of amides is 2. The largest absolute Gasteiger partial charge is 0.467 e. The van der Waals surface area contributed by atoms with Gasteiger partial charge in [-0.05, 0) is 42.8 Å². The van der Waals surface area contributed by atoms with E-state index in [4.69, 9.17) is 4.42 Å². The molecule has 3 aromatic rings. The average Bonchev–Trinajstić information content (AvgIpc) is 3.21. The van der Waals surface area contributed by atoms with Gasteiger partial charge in [-0.25, -0.2) is 0 Å². The van der Waals surface area contributed by atoms with Crippen LogP contribution in [0.25, 0.3) is 0 Å². The predicted octanol–water partition coefficient (Wildman–Crippen LogP) is 4.23. The van der Waals surface area contributed by atoms with E-state index in [1.165, 1.54) is 11.8 Å². The van der Waals surface area contributed by atoms with Crippen LogP contribution in [-0.2, 0) is 4.79 Å². The number of thioether (sulfide) groups is 1. The predicted molar refractivity (Wildman–Crippen MR) is 105 cm³/mol. The normalized spacial score (nSPS) is 16.9. The van der Waals surface area contributed by atoms with Gasteiger partial charge in [-0.2, -0.15) is 0 Å². The molecule has 2 amide bonds. The van der Waals surface area contributed by atoms with Gasteiger partial charge in [0.15, 0.2) is 0 Å². The van der Waals surface area contributed by atoms with E-state index in [9.17, 15) is 9.59 Å². The monoisotopic (exact) mass is 378 g/mol. The summed E-state index contributed by atoms with van der Waals surface area (Å²) in [5.74, 6) is 0.369. The fourth-order valence-electron chi connectivity index (χ4n) is 2.98. The summed E-state index contributed by atoms with van der Waals surface area (Å²) in [5.41, 5.74) is 2.08. The van der Waals surface area contributed by atoms with Gasteiger partial charge in [-0.3, -0.25) is 9.59 Å². The average molecular weight is 378 g/mol. The first-order valence-electron chi connectivity index (χ1n) is 8.62. The first-order chi connectivity index (χ1) is 13.1. The Balaban J connectivity index is 1.61. The lowest BCUT2D eigenvalue weighted by Crippen LogP contribution is -2.30. The second-order valence-corrected chi connectivity index (χ2v) is 7.68. The first-order valence-corrected chi connectivity index (χ1v) is 9.50. The summed E-state index contributed by atoms with van der Waals surface area (Å²) in [6.07, 6.45) is 1.59. The molecule has 0 saturated heterocycles. The van der Waals surface area contributed by atoms with Crippen LogP contribution < -0.4 is 10.6 Å². The molecular weight excluding hydrogens is 360 g/mol. The number of benzene rings is 2. The maximum absolute atomic E-state index is 12.9. The molecule has 0 spiro atoms. The highest BCUT2D eigenvalue weighted by Crippen LogP contribution is 2.36. The molecule has 1 aliphatic rings. The zero-order valence-corrected chi connectivity index (χ0v) is 15.5. The molecule has 1 aliphatic heterocycles. The topological polar surface area (TPSA) is 71.3 Å². The summed E-state index contributed by atoms with van der Waals surface area (Å²) in [6.45, 7) is 1.86. The number of rotatable bonds is 4. The van der Waals surface area contributed by atoms with Crippen molar-refractivity contribution in [2.45, 2.75) is 23.1 Å². The van der Waals surface area contributed by atoms with E-state index in [1.807, 2.05) is 49.4 Å². The maximum atomic E-state index is 12.9. The Morgan fingerprint density at radius 3 is 2.70 bits per heavy atom. The molecule has 2 atom stereocenters. The van der Waals surface area contributed by atoms with Crippen LogP contribution in [0, 0.1) is 0 Å². The summed E-state index contributed by atoms with van der Waals surface area (Å²) in [5, 5.41) is 5.75. The van der Waals surface area contributed by atoms with Gasteiger partial charge in [0, 0.05) is 10.5 Å². The molecule has 2 unspecified atom stereocenters. The van der Waals surface area contributed by atoms with Gasteiger partial charge < -0.3 is 15.1 Å². The molecule has 5 nitrogen and oxygen atoms in total. The highest BCUT2D eigenvalue weighted by Gasteiger charge is 2.25. The van der Waals surface area contributed by atoms with Gasteiger partial charge in [0.25, 0.3) is 5.91 Å². The maximum Gasteiger partial charge on any atom is 0.252 e. The van der Waals surface area contributed by atoms with Gasteiger partial charge >= 0.3 is 0 Å². The number of carbonyl (C=O) groups excluding carboxylic acids is 2. The van der Waals surface area contributed by atoms with Crippen molar-refractivity contribution in [1.29, 1.82) is 0 Å². The molecule has 4 rings (SSSR count). The highest BCUT2D eigenvalue weighted by atomic mass is 32.2. The van der Waals surface area contributed by atoms with Crippen LogP contribution in [0.2, 0.25) is 0 Å². The number of carbonyl (C=O) groups is 2. The van der Waals surface area contributed by atoms with E-state index in [-0.39, 0.29) is 17.1 Å². The molecular formula is C21H18N2O3S. The Morgan fingerprint density at radius 2 is 1.96 bits per heavy atom. The lowest BCUT2D eigenvalue weighted by atomic mass is 10.0. The molecule has 0 saturated carbocycles. The second-order valence-electron chi connectivity index (χ2n) is 6.29. The summed E-state index contributed by atoms with van der Waals surface area (Å²) in [7, 11) is 0. The molecule has 0 aliphatic carbocycles. The summed E-state index contributed by atoms with van der Waals surface area (Å²) < 4.78 is 5.53. The molecule has 27 heavy (non-hydrogen) atoms. The first kappa shape index (κ1) is 17.4. The number of nitrogens with one attached hydrogen (secondary N) is 2. The zero-order chi connectivity index (χ0) is 18.8. The molecule has 0 radical (unpaired) electrons. The lowest BCUT2D eigenvalue weighted by molar-refractivity contribution is -0.115. The zero-order valence-electron chi connectivity index (χ0n) is 14.6. The second kappa shape index (κ2) is 7.32. The number of furan rings is 1. The van der Waals surface area contributed by atoms with Crippen LogP contribution in [0.1, 0.15) is 34.6 Å². The SMILES string of the molecule is CC1Sc2ccc(C(=O)NC(c3ccccc3)c3ccco3)cc2NC1=O. The minimum atomic E-state index is -0.395. The van der Waals surface area contributed by atoms with Crippen LogP contribution in [0.3, 0.4) is 0 Å². The lowest BCUT2D eigenvalue weighted by Gasteiger charge is -2.22. The van der Waals surface area contributed by atoms with E-state index in [2.05, 4.69) is 10.6 Å². The summed E-state index contributed by atoms with van der Waals surface area (Å²) in [4.78, 5) is 25.8. The molecule has 0 fully saturated rings. The number of hydrogen-bond acceptors (Lipinski definition) is 4. The van der Waals surface area contributed by atoms with Crippen LogP contribution in [0.5, 0.6) is 0 Å². The van der Waals surface area contributed by atoms with Crippen LogP contribution in [0.4, 0.5) is 5.69 Å². The van der Waals surface area contributed by atoms with Crippen LogP contribution in [-0.4, -0.2) is 17.1 Å². The Kier molecular flexibility index (Phi) is 4.73. The highest BCUT2D eigenvalue weighted by molar-refractivity contribution is 8.00. The van der Waals surface area contributed by atoms with Crippen molar-refractivity contribution < 1.29 is 14.0 Å². The Morgan fingerprint density at radius 1 is 1.15 bits per heavy atom. The van der Waals surface area contributed by atoms with E-state index < -0.39 is 6.04 Å². The molecule has 2 heterocycles. The van der Waals surface area contributed by atoms with Gasteiger partial charge in [-0.1, -0.05) is 30.3 Å². The standard InChI is InChI=1S/C21H18N2O3S/c1-13-20(24)22-16-12-15(9-10-18(16)27-13)21(25)23-19(17-8-5-11-26-17)14-6-3-2-4-7-14/h2-13,19H,1H3,(H,22,24)(H,23,25). The Hall–Kier alpha value is -2.99. The summed E-state index contributed by atoms with van der Waals surface area (Å²) >= 11 is 1.49. The van der Waals surface area contributed by atoms with Gasteiger partial charge in [-0.15, -0.1) is 11.8 Å². The van der Waals surface area contributed by atoms with Crippen molar-refractivity contribution in [1.82, 2.24) is 5.32 Å². The third-order valence-corrected chi connectivity index (χ3v) is 5.59. The minimum absolute atomic E-state index is 0.0530. The molecule has 2 N–H and O–H groups in total. The molecule has 0 bridgehead atoms. The van der Waals surface area contributed by atoms with Crippen molar-refractivity contribution in [3.05, 3.63) is 83.8 Å². The Labute approximate surface area is 161 Å². The van der Waals surface area contributed by atoms with Gasteiger partial charge in [0.2, 0.25) is 5.91 Å². The molecule has 1 aromatic heterocycles. The summed E-state index contributed by atoms with van der Waals surface area (Å²) in [6, 6.07) is 18.2. The third kappa shape index (κ3) is 3.61. The minimum Gasteiger partial charge on any atom is -0.467 e. The fourth-order valence-corrected chi connectivity index (χ4v) is 3.91. The van der Waals surface area contributed by atoms with E-state index in [1.54, 1.807) is 24.5 Å². The smallest absolute Gasteiger partial charge is 0.252 e. The van der Waals surface area contributed by atoms with E-state index in [0.717, 1.165) is 10.5 Å².